The average Bonchev–Trinajstić information content (AvgIpc) is 3.36. The van der Waals surface area contributed by atoms with Crippen molar-refractivity contribution in [3.8, 4) is 0 Å². The zero-order valence-corrected chi connectivity index (χ0v) is 46.8. The van der Waals surface area contributed by atoms with Gasteiger partial charge >= 0.3 is 17.9 Å². The van der Waals surface area contributed by atoms with Gasteiger partial charge in [0.15, 0.2) is 6.10 Å². The van der Waals surface area contributed by atoms with Crippen molar-refractivity contribution in [1.29, 1.82) is 0 Å². The lowest BCUT2D eigenvalue weighted by molar-refractivity contribution is -0.167. The van der Waals surface area contributed by atoms with Gasteiger partial charge in [-0.25, -0.2) is 0 Å². The molecule has 0 saturated heterocycles. The Morgan fingerprint density at radius 3 is 0.957 bits per heavy atom. The van der Waals surface area contributed by atoms with Gasteiger partial charge in [0.05, 0.1) is 0 Å². The van der Waals surface area contributed by atoms with Crippen LogP contribution in [0.25, 0.3) is 0 Å². The van der Waals surface area contributed by atoms with E-state index in [1.54, 1.807) is 0 Å². The fraction of sp³-hybridized carbons (Fsp3) is 0.828. The summed E-state index contributed by atoms with van der Waals surface area (Å²) in [6.45, 7) is 6.47. The topological polar surface area (TPSA) is 78.9 Å². The van der Waals surface area contributed by atoms with Gasteiger partial charge in [-0.15, -0.1) is 0 Å². The molecule has 0 aliphatic carbocycles. The number of rotatable bonds is 56. The molecule has 1 unspecified atom stereocenters. The molecule has 0 N–H and O–H groups in total. The van der Waals surface area contributed by atoms with Crippen LogP contribution in [0.3, 0.4) is 0 Å². The highest BCUT2D eigenvalue weighted by molar-refractivity contribution is 5.71. The van der Waals surface area contributed by atoms with E-state index in [0.717, 1.165) is 96.3 Å². The Bertz CT molecular complexity index is 1220. The van der Waals surface area contributed by atoms with Crippen LogP contribution in [0.15, 0.2) is 48.6 Å². The second-order valence-electron chi connectivity index (χ2n) is 20.6. The minimum Gasteiger partial charge on any atom is -0.462 e. The van der Waals surface area contributed by atoms with Crippen molar-refractivity contribution in [3.05, 3.63) is 48.6 Å². The van der Waals surface area contributed by atoms with Crippen molar-refractivity contribution >= 4 is 17.9 Å². The standard InChI is InChI=1S/C64H116O6/c1-4-7-10-13-16-19-22-24-25-26-27-28-29-30-31-32-33-34-35-36-37-38-39-41-42-45-48-51-54-57-63(66)69-60-61(59-68-62(65)56-53-50-47-44-21-18-15-12-9-6-3)70-64(67)58-55-52-49-46-43-40-23-20-17-14-11-8-5-2/h8,11-12,15,17,20,40,43,61H,4-7,9-10,13-14,16,18-19,21-39,41-42,44-60H2,1-3H3/b11-8-,15-12-,20-17-,43-40-. The molecule has 0 aromatic carbocycles. The maximum Gasteiger partial charge on any atom is 0.306 e. The number of allylic oxidation sites excluding steroid dienone is 8. The first-order valence-electron chi connectivity index (χ1n) is 30.6. The highest BCUT2D eigenvalue weighted by Crippen LogP contribution is 2.18. The van der Waals surface area contributed by atoms with Gasteiger partial charge in [-0.2, -0.15) is 0 Å². The Hall–Kier alpha value is -2.63. The van der Waals surface area contributed by atoms with E-state index in [-0.39, 0.29) is 31.1 Å². The van der Waals surface area contributed by atoms with Gasteiger partial charge in [0.1, 0.15) is 13.2 Å². The molecule has 408 valence electrons. The van der Waals surface area contributed by atoms with Gasteiger partial charge in [-0.3, -0.25) is 14.4 Å². The third kappa shape index (κ3) is 56.3. The molecule has 6 heteroatoms. The van der Waals surface area contributed by atoms with E-state index in [2.05, 4.69) is 69.4 Å². The Balaban J connectivity index is 4.08. The summed E-state index contributed by atoms with van der Waals surface area (Å²) in [5.74, 6) is -0.914. The first-order chi connectivity index (χ1) is 34.5. The van der Waals surface area contributed by atoms with Crippen LogP contribution in [0, 0.1) is 0 Å². The van der Waals surface area contributed by atoms with Crippen molar-refractivity contribution < 1.29 is 28.6 Å². The van der Waals surface area contributed by atoms with Crippen molar-refractivity contribution in [2.75, 3.05) is 13.2 Å². The van der Waals surface area contributed by atoms with Crippen molar-refractivity contribution in [3.63, 3.8) is 0 Å². The number of unbranched alkanes of at least 4 members (excludes halogenated alkanes) is 37. The van der Waals surface area contributed by atoms with E-state index in [9.17, 15) is 14.4 Å². The summed E-state index contributed by atoms with van der Waals surface area (Å²) in [5, 5.41) is 0. The SMILES string of the molecule is CC/C=C\C/C=C\C/C=C\CCCCCC(=O)OC(COC(=O)CCCCCCC/C=C\CCC)COC(=O)CCCCCCCCCCCCCCCCCCCCCCCCCCCCCCC. The predicted molar refractivity (Wildman–Crippen MR) is 302 cm³/mol. The zero-order valence-electron chi connectivity index (χ0n) is 46.8. The van der Waals surface area contributed by atoms with Crippen LogP contribution in [0.5, 0.6) is 0 Å². The Labute approximate surface area is 435 Å². The Morgan fingerprint density at radius 1 is 0.300 bits per heavy atom. The zero-order chi connectivity index (χ0) is 50.7. The monoisotopic (exact) mass is 981 g/mol. The summed E-state index contributed by atoms with van der Waals surface area (Å²) in [6, 6.07) is 0. The summed E-state index contributed by atoms with van der Waals surface area (Å²) < 4.78 is 16.8. The van der Waals surface area contributed by atoms with E-state index < -0.39 is 6.10 Å². The summed E-state index contributed by atoms with van der Waals surface area (Å²) in [5.41, 5.74) is 0. The number of hydrogen-bond donors (Lipinski definition) is 0. The van der Waals surface area contributed by atoms with Gasteiger partial charge in [-0.05, 0) is 70.6 Å². The molecule has 0 radical (unpaired) electrons. The molecule has 70 heavy (non-hydrogen) atoms. The molecule has 0 spiro atoms. The number of carbonyl (C=O) groups excluding carboxylic acids is 3. The molecular formula is C64H116O6. The lowest BCUT2D eigenvalue weighted by Gasteiger charge is -2.18. The predicted octanol–water partition coefficient (Wildman–Crippen LogP) is 20.6. The third-order valence-corrected chi connectivity index (χ3v) is 13.5. The summed E-state index contributed by atoms with van der Waals surface area (Å²) in [6.07, 6.45) is 73.0. The van der Waals surface area contributed by atoms with Crippen molar-refractivity contribution in [2.24, 2.45) is 0 Å². The summed E-state index contributed by atoms with van der Waals surface area (Å²) in [4.78, 5) is 38.0. The van der Waals surface area contributed by atoms with Crippen LogP contribution in [-0.2, 0) is 28.6 Å². The Morgan fingerprint density at radius 2 is 0.586 bits per heavy atom. The maximum atomic E-state index is 12.8. The second-order valence-corrected chi connectivity index (χ2v) is 20.6. The summed E-state index contributed by atoms with van der Waals surface area (Å²) in [7, 11) is 0. The lowest BCUT2D eigenvalue weighted by Crippen LogP contribution is -2.30. The van der Waals surface area contributed by atoms with Crippen LogP contribution in [0.2, 0.25) is 0 Å². The van der Waals surface area contributed by atoms with Gasteiger partial charge in [0, 0.05) is 19.3 Å². The van der Waals surface area contributed by atoms with Gasteiger partial charge in [0.25, 0.3) is 0 Å². The number of esters is 3. The minimum absolute atomic E-state index is 0.0851. The molecule has 0 fully saturated rings. The molecular weight excluding hydrogens is 865 g/mol. The molecule has 0 rings (SSSR count). The molecule has 0 saturated carbocycles. The number of ether oxygens (including phenoxy) is 3. The van der Waals surface area contributed by atoms with Crippen LogP contribution < -0.4 is 0 Å². The van der Waals surface area contributed by atoms with Crippen LogP contribution in [0.1, 0.15) is 323 Å². The van der Waals surface area contributed by atoms with E-state index in [4.69, 9.17) is 14.2 Å². The van der Waals surface area contributed by atoms with Crippen LogP contribution in [-0.4, -0.2) is 37.2 Å². The van der Waals surface area contributed by atoms with E-state index in [0.29, 0.717) is 19.3 Å². The quantitative estimate of drug-likeness (QED) is 0.0261. The highest BCUT2D eigenvalue weighted by Gasteiger charge is 2.19. The molecule has 0 aromatic rings. The highest BCUT2D eigenvalue weighted by atomic mass is 16.6. The van der Waals surface area contributed by atoms with Gasteiger partial charge in [-0.1, -0.05) is 281 Å². The molecule has 0 aliphatic heterocycles. The normalized spacial score (nSPS) is 12.3. The fourth-order valence-electron chi connectivity index (χ4n) is 8.99. The Kier molecular flexibility index (Phi) is 56.7. The molecule has 0 heterocycles. The second kappa shape index (κ2) is 58.9. The fourth-order valence-corrected chi connectivity index (χ4v) is 8.99. The largest absolute Gasteiger partial charge is 0.462 e. The van der Waals surface area contributed by atoms with E-state index >= 15 is 0 Å². The molecule has 0 amide bonds. The molecule has 0 bridgehead atoms. The van der Waals surface area contributed by atoms with E-state index in [1.165, 1.54) is 186 Å². The lowest BCUT2D eigenvalue weighted by atomic mass is 10.0. The number of carbonyl (C=O) groups is 3. The van der Waals surface area contributed by atoms with Crippen LogP contribution >= 0.6 is 0 Å². The summed E-state index contributed by atoms with van der Waals surface area (Å²) >= 11 is 0. The smallest absolute Gasteiger partial charge is 0.306 e. The molecule has 6 nitrogen and oxygen atoms in total. The first-order valence-corrected chi connectivity index (χ1v) is 30.6. The van der Waals surface area contributed by atoms with Gasteiger partial charge < -0.3 is 14.2 Å². The molecule has 0 aliphatic rings. The average molecular weight is 982 g/mol. The molecule has 0 aromatic heterocycles. The van der Waals surface area contributed by atoms with Crippen molar-refractivity contribution in [2.45, 2.75) is 329 Å². The number of hydrogen-bond acceptors (Lipinski definition) is 6. The van der Waals surface area contributed by atoms with Crippen LogP contribution in [0.4, 0.5) is 0 Å². The van der Waals surface area contributed by atoms with Gasteiger partial charge in [0.2, 0.25) is 0 Å². The minimum atomic E-state index is -0.789. The van der Waals surface area contributed by atoms with Crippen molar-refractivity contribution in [1.82, 2.24) is 0 Å². The van der Waals surface area contributed by atoms with E-state index in [1.807, 2.05) is 0 Å². The third-order valence-electron chi connectivity index (χ3n) is 13.5. The first kappa shape index (κ1) is 67.4. The molecule has 1 atom stereocenters. The maximum absolute atomic E-state index is 12.8.